The van der Waals surface area contributed by atoms with E-state index in [1.54, 1.807) is 0 Å². The van der Waals surface area contributed by atoms with E-state index in [1.807, 2.05) is 11.8 Å². The van der Waals surface area contributed by atoms with E-state index in [0.29, 0.717) is 0 Å². The van der Waals surface area contributed by atoms with Gasteiger partial charge in [-0.1, -0.05) is 6.07 Å². The fourth-order valence-corrected chi connectivity index (χ4v) is 3.59. The highest BCUT2D eigenvalue weighted by atomic mass is 32.2. The summed E-state index contributed by atoms with van der Waals surface area (Å²) >= 11 is 2.00. The molecule has 2 aliphatic heterocycles. The highest BCUT2D eigenvalue weighted by Crippen LogP contribution is 2.32. The first-order valence-corrected chi connectivity index (χ1v) is 8.27. The van der Waals surface area contributed by atoms with Gasteiger partial charge in [0.25, 0.3) is 0 Å². The lowest BCUT2D eigenvalue weighted by atomic mass is 10.1. The molecule has 3 nitrogen and oxygen atoms in total. The van der Waals surface area contributed by atoms with E-state index < -0.39 is 0 Å². The molecule has 0 bridgehead atoms. The molecule has 1 atom stereocenters. The molecular weight excluding hydrogens is 256 g/mol. The molecule has 0 radical (unpaired) electrons. The van der Waals surface area contributed by atoms with Crippen LogP contribution >= 0.6 is 11.8 Å². The summed E-state index contributed by atoms with van der Waals surface area (Å²) in [4.78, 5) is 4.82. The van der Waals surface area contributed by atoms with Crippen molar-refractivity contribution >= 4 is 17.4 Å². The lowest BCUT2D eigenvalue weighted by molar-refractivity contribution is 0.307. The van der Waals surface area contributed by atoms with Crippen molar-refractivity contribution in [3.8, 4) is 5.75 Å². The van der Waals surface area contributed by atoms with Gasteiger partial charge in [0.15, 0.2) is 0 Å². The van der Waals surface area contributed by atoms with Crippen molar-refractivity contribution in [3.63, 3.8) is 0 Å². The van der Waals surface area contributed by atoms with E-state index in [-0.39, 0.29) is 0 Å². The molecule has 0 aliphatic carbocycles. The highest BCUT2D eigenvalue weighted by molar-refractivity contribution is 7.99. The number of likely N-dealkylation sites (N-methyl/N-ethyl adjacent to an activating group) is 1. The molecule has 0 amide bonds. The third-order valence-electron chi connectivity index (χ3n) is 4.09. The number of rotatable bonds is 3. The fourth-order valence-electron chi connectivity index (χ4n) is 2.89. The molecule has 2 heterocycles. The minimum atomic E-state index is 0.797. The van der Waals surface area contributed by atoms with Gasteiger partial charge in [0.1, 0.15) is 12.4 Å². The lowest BCUT2D eigenvalue weighted by Crippen LogP contribution is -2.29. The van der Waals surface area contributed by atoms with Gasteiger partial charge >= 0.3 is 0 Å². The van der Waals surface area contributed by atoms with Crippen molar-refractivity contribution in [1.82, 2.24) is 4.90 Å². The van der Waals surface area contributed by atoms with Crippen LogP contribution in [-0.2, 0) is 6.54 Å². The quantitative estimate of drug-likeness (QED) is 0.843. The largest absolute Gasteiger partial charge is 0.490 e. The van der Waals surface area contributed by atoms with Crippen LogP contribution in [0.3, 0.4) is 0 Å². The maximum atomic E-state index is 5.78. The average Bonchev–Trinajstić information content (AvgIpc) is 2.86. The minimum Gasteiger partial charge on any atom is -0.490 e. The summed E-state index contributed by atoms with van der Waals surface area (Å²) in [6.07, 6.45) is 3.54. The number of ether oxygens (including phenoxy) is 1. The van der Waals surface area contributed by atoms with Gasteiger partial charge in [0.2, 0.25) is 0 Å². The molecule has 1 aromatic rings. The Morgan fingerprint density at radius 1 is 1.37 bits per heavy atom. The predicted molar refractivity (Wildman–Crippen MR) is 82.4 cm³/mol. The summed E-state index contributed by atoms with van der Waals surface area (Å²) in [6.45, 7) is 5.28. The molecule has 0 aromatic heterocycles. The number of hydrogen-bond acceptors (Lipinski definition) is 4. The minimum absolute atomic E-state index is 0.797. The molecule has 4 heteroatoms. The fraction of sp³-hybridized carbons (Fsp3) is 0.600. The third kappa shape index (κ3) is 2.84. The molecule has 2 aliphatic rings. The van der Waals surface area contributed by atoms with E-state index in [9.17, 15) is 0 Å². The second-order valence-corrected chi connectivity index (χ2v) is 6.59. The molecule has 0 N–H and O–H groups in total. The Morgan fingerprint density at radius 2 is 2.26 bits per heavy atom. The second kappa shape index (κ2) is 5.63. The van der Waals surface area contributed by atoms with E-state index in [0.717, 1.165) is 30.7 Å². The van der Waals surface area contributed by atoms with Gasteiger partial charge in [-0.2, -0.15) is 11.8 Å². The maximum Gasteiger partial charge on any atom is 0.143 e. The van der Waals surface area contributed by atoms with E-state index >= 15 is 0 Å². The predicted octanol–water partition coefficient (Wildman–Crippen LogP) is 2.45. The first-order valence-electron chi connectivity index (χ1n) is 6.98. The Kier molecular flexibility index (Phi) is 3.89. The topological polar surface area (TPSA) is 15.7 Å². The van der Waals surface area contributed by atoms with E-state index in [1.165, 1.54) is 30.8 Å². The summed E-state index contributed by atoms with van der Waals surface area (Å²) in [7, 11) is 2.13. The number of benzene rings is 1. The standard InChI is InChI=1S/C15H22N2OS/c1-16-7-8-18-15-9-12(3-4-14(15)16)10-17-6-5-13(11-17)19-2/h3-4,9,13H,5-8,10-11H2,1-2H3. The van der Waals surface area contributed by atoms with Gasteiger partial charge < -0.3 is 9.64 Å². The van der Waals surface area contributed by atoms with Gasteiger partial charge in [-0.3, -0.25) is 4.90 Å². The summed E-state index contributed by atoms with van der Waals surface area (Å²) < 4.78 is 5.78. The van der Waals surface area contributed by atoms with Crippen LogP contribution in [0.25, 0.3) is 0 Å². The Morgan fingerprint density at radius 3 is 3.05 bits per heavy atom. The van der Waals surface area contributed by atoms with Crippen LogP contribution in [0.4, 0.5) is 5.69 Å². The van der Waals surface area contributed by atoms with Crippen molar-refractivity contribution in [3.05, 3.63) is 23.8 Å². The van der Waals surface area contributed by atoms with Gasteiger partial charge in [0.05, 0.1) is 12.2 Å². The van der Waals surface area contributed by atoms with Crippen LogP contribution in [0.15, 0.2) is 18.2 Å². The van der Waals surface area contributed by atoms with Crippen LogP contribution in [0.1, 0.15) is 12.0 Å². The van der Waals surface area contributed by atoms with Gasteiger partial charge in [-0.15, -0.1) is 0 Å². The van der Waals surface area contributed by atoms with Crippen LogP contribution in [-0.4, -0.2) is 49.7 Å². The zero-order chi connectivity index (χ0) is 13.2. The highest BCUT2D eigenvalue weighted by Gasteiger charge is 2.22. The summed E-state index contributed by atoms with van der Waals surface area (Å²) in [5.74, 6) is 1.05. The number of anilines is 1. The normalized spacial score (nSPS) is 23.3. The van der Waals surface area contributed by atoms with Gasteiger partial charge in [-0.05, 0) is 36.9 Å². The van der Waals surface area contributed by atoms with E-state index in [2.05, 4.69) is 41.3 Å². The molecule has 104 valence electrons. The maximum absolute atomic E-state index is 5.78. The summed E-state index contributed by atoms with van der Waals surface area (Å²) in [6, 6.07) is 6.67. The molecular formula is C15H22N2OS. The van der Waals surface area contributed by atoms with Crippen LogP contribution in [0.5, 0.6) is 5.75 Å². The van der Waals surface area contributed by atoms with Gasteiger partial charge in [0, 0.05) is 25.4 Å². The SMILES string of the molecule is CSC1CCN(Cc2ccc3c(c2)OCCN3C)C1. The molecule has 0 spiro atoms. The zero-order valence-electron chi connectivity index (χ0n) is 11.8. The Labute approximate surface area is 119 Å². The van der Waals surface area contributed by atoms with Crippen LogP contribution < -0.4 is 9.64 Å². The number of hydrogen-bond donors (Lipinski definition) is 0. The van der Waals surface area contributed by atoms with Crippen molar-refractivity contribution in [2.24, 2.45) is 0 Å². The number of likely N-dealkylation sites (tertiary alicyclic amines) is 1. The lowest BCUT2D eigenvalue weighted by Gasteiger charge is -2.28. The number of fused-ring (bicyclic) bond motifs is 1. The summed E-state index contributed by atoms with van der Waals surface area (Å²) in [5.41, 5.74) is 2.59. The third-order valence-corrected chi connectivity index (χ3v) is 5.14. The Hall–Kier alpha value is -0.870. The molecule has 1 aromatic carbocycles. The smallest absolute Gasteiger partial charge is 0.143 e. The van der Waals surface area contributed by atoms with E-state index in [4.69, 9.17) is 4.74 Å². The summed E-state index contributed by atoms with van der Waals surface area (Å²) in [5, 5.41) is 0.819. The Balaban J connectivity index is 1.69. The monoisotopic (exact) mass is 278 g/mol. The van der Waals surface area contributed by atoms with Crippen molar-refractivity contribution in [1.29, 1.82) is 0 Å². The van der Waals surface area contributed by atoms with Crippen LogP contribution in [0.2, 0.25) is 0 Å². The van der Waals surface area contributed by atoms with Crippen molar-refractivity contribution < 1.29 is 4.74 Å². The Bertz CT molecular complexity index is 452. The van der Waals surface area contributed by atoms with Crippen molar-refractivity contribution in [2.75, 3.05) is 44.4 Å². The second-order valence-electron chi connectivity index (χ2n) is 5.45. The first-order chi connectivity index (χ1) is 9.26. The number of nitrogens with zero attached hydrogens (tertiary/aromatic N) is 2. The zero-order valence-corrected chi connectivity index (χ0v) is 12.6. The average molecular weight is 278 g/mol. The van der Waals surface area contributed by atoms with Crippen molar-refractivity contribution in [2.45, 2.75) is 18.2 Å². The number of thioether (sulfide) groups is 1. The molecule has 1 unspecified atom stereocenters. The molecule has 0 saturated carbocycles. The van der Waals surface area contributed by atoms with Crippen LogP contribution in [0, 0.1) is 0 Å². The first kappa shape index (κ1) is 13.1. The molecule has 3 rings (SSSR count). The molecule has 19 heavy (non-hydrogen) atoms. The molecule has 1 saturated heterocycles. The van der Waals surface area contributed by atoms with Gasteiger partial charge in [-0.25, -0.2) is 0 Å². The molecule has 1 fully saturated rings.